The van der Waals surface area contributed by atoms with Crippen LogP contribution in [0.25, 0.3) is 21.6 Å². The van der Waals surface area contributed by atoms with E-state index in [1.807, 2.05) is 42.5 Å². The first-order valence-electron chi connectivity index (χ1n) is 12.5. The molecule has 8 heteroatoms. The van der Waals surface area contributed by atoms with Crippen molar-refractivity contribution in [2.45, 2.75) is 38.2 Å². The molecule has 39 heavy (non-hydrogen) atoms. The molecule has 1 aliphatic carbocycles. The van der Waals surface area contributed by atoms with Gasteiger partial charge in [-0.1, -0.05) is 60.1 Å². The minimum atomic E-state index is -0.676. The third-order valence-corrected chi connectivity index (χ3v) is 8.49. The van der Waals surface area contributed by atoms with Gasteiger partial charge in [-0.25, -0.2) is 9.18 Å². The van der Waals surface area contributed by atoms with Gasteiger partial charge in [0.15, 0.2) is 0 Å². The number of nitrogens with one attached hydrogen (secondary N) is 1. The predicted molar refractivity (Wildman–Crippen MR) is 153 cm³/mol. The smallest absolute Gasteiger partial charge is 0.412 e. The molecule has 1 atom stereocenters. The van der Waals surface area contributed by atoms with E-state index in [4.69, 9.17) is 21.1 Å². The highest BCUT2D eigenvalue weighted by Gasteiger charge is 2.48. The van der Waals surface area contributed by atoms with E-state index in [0.717, 1.165) is 40.0 Å². The monoisotopic (exact) mass is 563 g/mol. The summed E-state index contributed by atoms with van der Waals surface area (Å²) in [5.74, 6) is 0.473. The SMILES string of the molecule is COc1cc(-c2sc(Cl)cc2NC(=O)O[C@H](C)c2cccc(F)c2)ccc1-c1ccc(C2(C(C)=O)CC2)cc1. The van der Waals surface area contributed by atoms with Crippen LogP contribution in [0.4, 0.5) is 14.9 Å². The summed E-state index contributed by atoms with van der Waals surface area (Å²) in [6, 6.07) is 21.5. The second kappa shape index (κ2) is 10.8. The normalized spacial score (nSPS) is 14.4. The van der Waals surface area contributed by atoms with E-state index in [0.29, 0.717) is 21.3 Å². The number of benzene rings is 3. The molecule has 0 unspecified atom stereocenters. The summed E-state index contributed by atoms with van der Waals surface area (Å²) < 4.78 is 25.2. The van der Waals surface area contributed by atoms with Gasteiger partial charge in [-0.2, -0.15) is 0 Å². The van der Waals surface area contributed by atoms with Crippen LogP contribution < -0.4 is 10.1 Å². The number of ether oxygens (including phenoxy) is 2. The predicted octanol–water partition coefficient (Wildman–Crippen LogP) is 8.81. The Balaban J connectivity index is 1.36. The van der Waals surface area contributed by atoms with Crippen LogP contribution in [-0.4, -0.2) is 19.0 Å². The van der Waals surface area contributed by atoms with E-state index in [2.05, 4.69) is 5.32 Å². The summed E-state index contributed by atoms with van der Waals surface area (Å²) in [7, 11) is 1.61. The Morgan fingerprint density at radius 1 is 1.03 bits per heavy atom. The van der Waals surface area contributed by atoms with Crippen LogP contribution in [0.2, 0.25) is 4.34 Å². The average Bonchev–Trinajstić information content (AvgIpc) is 3.66. The van der Waals surface area contributed by atoms with Gasteiger partial charge in [0, 0.05) is 5.56 Å². The van der Waals surface area contributed by atoms with Crippen molar-refractivity contribution in [2.75, 3.05) is 12.4 Å². The Morgan fingerprint density at radius 3 is 2.38 bits per heavy atom. The maximum Gasteiger partial charge on any atom is 0.412 e. The second-order valence-electron chi connectivity index (χ2n) is 9.65. The molecule has 200 valence electrons. The van der Waals surface area contributed by atoms with Crippen molar-refractivity contribution in [1.82, 2.24) is 0 Å². The molecular weight excluding hydrogens is 537 g/mol. The maximum atomic E-state index is 13.6. The lowest BCUT2D eigenvalue weighted by molar-refractivity contribution is -0.119. The van der Waals surface area contributed by atoms with Crippen molar-refractivity contribution in [3.8, 4) is 27.3 Å². The summed E-state index contributed by atoms with van der Waals surface area (Å²) in [4.78, 5) is 25.5. The summed E-state index contributed by atoms with van der Waals surface area (Å²) >= 11 is 7.65. The van der Waals surface area contributed by atoms with Crippen molar-refractivity contribution in [2.24, 2.45) is 0 Å². The zero-order valence-corrected chi connectivity index (χ0v) is 23.3. The van der Waals surface area contributed by atoms with Crippen molar-refractivity contribution < 1.29 is 23.5 Å². The Bertz CT molecular complexity index is 1540. The van der Waals surface area contributed by atoms with Gasteiger partial charge in [0.25, 0.3) is 0 Å². The molecule has 0 radical (unpaired) electrons. The Hall–Kier alpha value is -3.68. The van der Waals surface area contributed by atoms with Crippen LogP contribution >= 0.6 is 22.9 Å². The molecule has 1 N–H and O–H groups in total. The number of rotatable bonds is 8. The topological polar surface area (TPSA) is 64.6 Å². The molecule has 0 bridgehead atoms. The lowest BCUT2D eigenvalue weighted by Gasteiger charge is -2.16. The van der Waals surface area contributed by atoms with Crippen LogP contribution in [0.15, 0.2) is 72.8 Å². The standard InChI is InChI=1S/C31H27ClFNO4S/c1-18(21-5-4-6-24(33)15-21)38-30(36)34-26-17-28(32)39-29(26)22-9-12-25(27(16-22)37-3)20-7-10-23(11-8-20)31(13-14-31)19(2)35/h4-12,15-18H,13-14H2,1-3H3,(H,34,36)/t18-/m1/s1. The van der Waals surface area contributed by atoms with Crippen LogP contribution in [0, 0.1) is 5.82 Å². The Morgan fingerprint density at radius 2 is 1.74 bits per heavy atom. The first-order chi connectivity index (χ1) is 18.7. The lowest BCUT2D eigenvalue weighted by Crippen LogP contribution is -2.16. The number of halogens is 2. The van der Waals surface area contributed by atoms with Crippen molar-refractivity contribution >= 4 is 40.5 Å². The molecule has 4 aromatic rings. The summed E-state index contributed by atoms with van der Waals surface area (Å²) in [6.45, 7) is 3.34. The number of Topliss-reactive ketones (excluding diaryl/α,β-unsaturated/α-hetero) is 1. The van der Waals surface area contributed by atoms with Crippen LogP contribution in [0.3, 0.4) is 0 Å². The highest BCUT2D eigenvalue weighted by Crippen LogP contribution is 2.49. The molecule has 5 nitrogen and oxygen atoms in total. The lowest BCUT2D eigenvalue weighted by atomic mass is 9.90. The molecule has 5 rings (SSSR count). The minimum absolute atomic E-state index is 0.212. The van der Waals surface area contributed by atoms with Gasteiger partial charge in [-0.3, -0.25) is 10.1 Å². The van der Waals surface area contributed by atoms with Crippen molar-refractivity contribution in [1.29, 1.82) is 0 Å². The average molecular weight is 564 g/mol. The van der Waals surface area contributed by atoms with E-state index in [1.54, 1.807) is 39.2 Å². The van der Waals surface area contributed by atoms with Crippen LogP contribution in [-0.2, 0) is 14.9 Å². The molecule has 0 spiro atoms. The van der Waals surface area contributed by atoms with Gasteiger partial charge in [-0.15, -0.1) is 11.3 Å². The fourth-order valence-electron chi connectivity index (χ4n) is 4.80. The number of amides is 1. The van der Waals surface area contributed by atoms with Crippen molar-refractivity contribution in [3.05, 3.63) is 94.1 Å². The van der Waals surface area contributed by atoms with Gasteiger partial charge in [0.1, 0.15) is 23.5 Å². The van der Waals surface area contributed by atoms with Crippen molar-refractivity contribution in [3.63, 3.8) is 0 Å². The highest BCUT2D eigenvalue weighted by atomic mass is 35.5. The number of carbonyl (C=O) groups is 2. The third-order valence-electron chi connectivity index (χ3n) is 7.18. The number of anilines is 1. The highest BCUT2D eigenvalue weighted by molar-refractivity contribution is 7.20. The first kappa shape index (κ1) is 26.9. The van der Waals surface area contributed by atoms with E-state index < -0.39 is 18.0 Å². The molecule has 1 heterocycles. The van der Waals surface area contributed by atoms with E-state index in [1.165, 1.54) is 23.5 Å². The number of ketones is 1. The number of carbonyl (C=O) groups excluding carboxylic acids is 2. The zero-order chi connectivity index (χ0) is 27.7. The maximum absolute atomic E-state index is 13.6. The number of hydrogen-bond donors (Lipinski definition) is 1. The molecule has 1 aliphatic rings. The second-order valence-corrected chi connectivity index (χ2v) is 11.3. The zero-order valence-electron chi connectivity index (χ0n) is 21.7. The Kier molecular flexibility index (Phi) is 7.47. The fourth-order valence-corrected chi connectivity index (χ4v) is 5.98. The fraction of sp³-hybridized carbons (Fsp3) is 0.226. The first-order valence-corrected chi connectivity index (χ1v) is 13.7. The van der Waals surface area contributed by atoms with E-state index >= 15 is 0 Å². The third kappa shape index (κ3) is 5.56. The Labute approximate surface area is 235 Å². The number of thiophene rings is 1. The van der Waals surface area contributed by atoms with Crippen LogP contribution in [0.5, 0.6) is 5.75 Å². The quantitative estimate of drug-likeness (QED) is 0.232. The largest absolute Gasteiger partial charge is 0.496 e. The molecule has 1 saturated carbocycles. The minimum Gasteiger partial charge on any atom is -0.496 e. The summed E-state index contributed by atoms with van der Waals surface area (Å²) in [6.07, 6.45) is 0.479. The van der Waals surface area contributed by atoms with Gasteiger partial charge in [0.2, 0.25) is 0 Å². The van der Waals surface area contributed by atoms with E-state index in [-0.39, 0.29) is 11.2 Å². The van der Waals surface area contributed by atoms with Gasteiger partial charge >= 0.3 is 6.09 Å². The molecule has 0 saturated heterocycles. The summed E-state index contributed by atoms with van der Waals surface area (Å²) in [5, 5.41) is 2.77. The molecule has 1 amide bonds. The van der Waals surface area contributed by atoms with E-state index in [9.17, 15) is 14.0 Å². The summed E-state index contributed by atoms with van der Waals surface area (Å²) in [5.41, 5.74) is 4.48. The number of methoxy groups -OCH3 is 1. The molecule has 0 aliphatic heterocycles. The molecule has 3 aromatic carbocycles. The van der Waals surface area contributed by atoms with Gasteiger partial charge in [0.05, 0.1) is 27.4 Å². The molecule has 1 aromatic heterocycles. The molecule has 1 fully saturated rings. The molecular formula is C31H27ClFNO4S. The number of hydrogen-bond acceptors (Lipinski definition) is 5. The van der Waals surface area contributed by atoms with Crippen LogP contribution in [0.1, 0.15) is 43.9 Å². The van der Waals surface area contributed by atoms with Gasteiger partial charge in [-0.05, 0) is 73.2 Å². The van der Waals surface area contributed by atoms with Gasteiger partial charge < -0.3 is 9.47 Å².